The molecule has 2 N–H and O–H groups in total. The molecule has 0 aromatic rings. The Kier molecular flexibility index (Phi) is 3.53. The summed E-state index contributed by atoms with van der Waals surface area (Å²) in [4.78, 5) is 12.2. The second kappa shape index (κ2) is 5.09. The van der Waals surface area contributed by atoms with Gasteiger partial charge in [-0.2, -0.15) is 0 Å². The van der Waals surface area contributed by atoms with Gasteiger partial charge in [0.2, 0.25) is 0 Å². The third kappa shape index (κ3) is 1.97. The molecular formula is C21H32O3. The molecule has 0 heterocycles. The Morgan fingerprint density at radius 1 is 1.04 bits per heavy atom. The molecule has 7 atom stereocenters. The maximum absolute atomic E-state index is 12.2. The molecule has 3 nitrogen and oxygen atoms in total. The van der Waals surface area contributed by atoms with Crippen LogP contribution < -0.4 is 0 Å². The molecule has 4 rings (SSSR count). The molecule has 0 aliphatic heterocycles. The lowest BCUT2D eigenvalue weighted by Crippen LogP contribution is -2.56. The van der Waals surface area contributed by atoms with E-state index in [1.54, 1.807) is 0 Å². The van der Waals surface area contributed by atoms with Crippen LogP contribution in [-0.4, -0.2) is 21.6 Å². The van der Waals surface area contributed by atoms with Crippen LogP contribution >= 0.6 is 0 Å². The highest BCUT2D eigenvalue weighted by atomic mass is 16.3. The molecule has 4 fully saturated rings. The van der Waals surface area contributed by atoms with Gasteiger partial charge in [-0.15, -0.1) is 0 Å². The third-order valence-corrected chi connectivity index (χ3v) is 9.14. The molecule has 4 saturated carbocycles. The van der Waals surface area contributed by atoms with E-state index in [4.69, 9.17) is 0 Å². The van der Waals surface area contributed by atoms with E-state index in [2.05, 4.69) is 13.8 Å². The van der Waals surface area contributed by atoms with Crippen LogP contribution in [0.3, 0.4) is 0 Å². The molecule has 0 amide bonds. The molecule has 1 unspecified atom stereocenters. The molecular weight excluding hydrogens is 300 g/mol. The maximum Gasteiger partial charge on any atom is 0.162 e. The van der Waals surface area contributed by atoms with Gasteiger partial charge >= 0.3 is 0 Å². The van der Waals surface area contributed by atoms with Crippen molar-refractivity contribution < 1.29 is 15.0 Å². The summed E-state index contributed by atoms with van der Waals surface area (Å²) >= 11 is 0. The molecule has 24 heavy (non-hydrogen) atoms. The molecule has 4 aliphatic carbocycles. The summed E-state index contributed by atoms with van der Waals surface area (Å²) in [5.74, 6) is 2.55. The van der Waals surface area contributed by atoms with Crippen LogP contribution in [0, 0.1) is 34.5 Å². The average molecular weight is 332 g/mol. The maximum atomic E-state index is 12.2. The average Bonchev–Trinajstić information content (AvgIpc) is 2.77. The molecule has 0 bridgehead atoms. The quantitative estimate of drug-likeness (QED) is 0.510. The molecule has 3 heteroatoms. The molecule has 0 radical (unpaired) electrons. The molecule has 4 aliphatic rings. The van der Waals surface area contributed by atoms with Gasteiger partial charge in [-0.3, -0.25) is 4.79 Å². The second-order valence-electron chi connectivity index (χ2n) is 9.88. The number of carbonyl (C=O) groups is 1. The zero-order valence-electron chi connectivity index (χ0n) is 15.3. The number of carbonyl (C=O) groups excluding carboxylic acids is 1. The van der Waals surface area contributed by atoms with Crippen LogP contribution in [-0.2, 0) is 4.79 Å². The number of allylic oxidation sites excluding steroid dienone is 1. The lowest BCUT2D eigenvalue weighted by atomic mass is 9.44. The van der Waals surface area contributed by atoms with Crippen molar-refractivity contribution in [1.82, 2.24) is 0 Å². The number of Topliss-reactive ketones (excluding diaryl/α,β-unsaturated/α-hetero) is 1. The van der Waals surface area contributed by atoms with Gasteiger partial charge in [-0.1, -0.05) is 13.8 Å². The second-order valence-corrected chi connectivity index (χ2v) is 9.88. The predicted octanol–water partition coefficient (Wildman–Crippen LogP) is 4.40. The lowest BCUT2D eigenvalue weighted by Gasteiger charge is -2.61. The predicted molar refractivity (Wildman–Crippen MR) is 93.5 cm³/mol. The monoisotopic (exact) mass is 332 g/mol. The van der Waals surface area contributed by atoms with E-state index in [0.717, 1.165) is 44.8 Å². The van der Waals surface area contributed by atoms with Gasteiger partial charge in [0.15, 0.2) is 5.78 Å². The van der Waals surface area contributed by atoms with Gasteiger partial charge in [-0.25, -0.2) is 0 Å². The van der Waals surface area contributed by atoms with Crippen molar-refractivity contribution >= 4 is 5.78 Å². The van der Waals surface area contributed by atoms with E-state index < -0.39 is 5.60 Å². The van der Waals surface area contributed by atoms with Crippen LogP contribution in [0.25, 0.3) is 0 Å². The van der Waals surface area contributed by atoms with Crippen LogP contribution in [0.5, 0.6) is 0 Å². The van der Waals surface area contributed by atoms with E-state index in [1.165, 1.54) is 6.42 Å². The summed E-state index contributed by atoms with van der Waals surface area (Å²) in [7, 11) is 0. The van der Waals surface area contributed by atoms with Crippen LogP contribution in [0.1, 0.15) is 72.1 Å². The smallest absolute Gasteiger partial charge is 0.162 e. The minimum atomic E-state index is -0.529. The van der Waals surface area contributed by atoms with E-state index >= 15 is 0 Å². The van der Waals surface area contributed by atoms with Gasteiger partial charge < -0.3 is 10.2 Å². The summed E-state index contributed by atoms with van der Waals surface area (Å²) < 4.78 is 0. The minimum Gasteiger partial charge on any atom is -0.515 e. The Morgan fingerprint density at radius 2 is 1.75 bits per heavy atom. The summed E-state index contributed by atoms with van der Waals surface area (Å²) in [5.41, 5.74) is 0.304. The Morgan fingerprint density at radius 3 is 2.46 bits per heavy atom. The summed E-state index contributed by atoms with van der Waals surface area (Å²) in [6, 6.07) is 0. The first-order valence-corrected chi connectivity index (χ1v) is 9.82. The fourth-order valence-electron chi connectivity index (χ4n) is 7.37. The van der Waals surface area contributed by atoms with E-state index in [-0.39, 0.29) is 16.6 Å². The van der Waals surface area contributed by atoms with Gasteiger partial charge in [-0.05, 0) is 86.4 Å². The highest BCUT2D eigenvalue weighted by Crippen LogP contribution is 2.68. The number of hydrogen-bond acceptors (Lipinski definition) is 3. The van der Waals surface area contributed by atoms with Crippen molar-refractivity contribution in [2.24, 2.45) is 34.5 Å². The third-order valence-electron chi connectivity index (χ3n) is 9.14. The van der Waals surface area contributed by atoms with Crippen molar-refractivity contribution in [2.75, 3.05) is 0 Å². The lowest BCUT2D eigenvalue weighted by molar-refractivity contribution is -0.147. The van der Waals surface area contributed by atoms with Crippen molar-refractivity contribution in [2.45, 2.75) is 77.7 Å². The van der Waals surface area contributed by atoms with Crippen LogP contribution in [0.15, 0.2) is 11.8 Å². The van der Waals surface area contributed by atoms with E-state index in [9.17, 15) is 15.0 Å². The number of hydrogen-bond donors (Lipinski definition) is 2. The largest absolute Gasteiger partial charge is 0.515 e. The van der Waals surface area contributed by atoms with Gasteiger partial charge in [0, 0.05) is 12.0 Å². The molecule has 0 aromatic carbocycles. The van der Waals surface area contributed by atoms with Crippen LogP contribution in [0.2, 0.25) is 0 Å². The Labute approximate surface area is 145 Å². The minimum absolute atomic E-state index is 0.0531. The standard InChI is InChI=1S/C21H32O3/c1-19-11-13(12-22)18(23)10-14(19)4-5-15-16(19)6-8-20(2)17(15)7-9-21(20,3)24/h12,14-17,22,24H,4-11H2,1-3H3/b13-12-/t14-,15?,16-,17-,19-,20-,21-/m0/s1. The topological polar surface area (TPSA) is 57.5 Å². The van der Waals surface area contributed by atoms with Crippen molar-refractivity contribution in [3.05, 3.63) is 11.8 Å². The number of fused-ring (bicyclic) bond motifs is 5. The SMILES string of the molecule is C[C@]12C/C(=C/O)C(=O)C[C@@H]1CCC1[C@@H]2CC[C@@]2(C)[C@H]1CC[C@]2(C)O. The Bertz CT molecular complexity index is 592. The van der Waals surface area contributed by atoms with E-state index in [1.807, 2.05) is 6.92 Å². The number of aliphatic hydroxyl groups excluding tert-OH is 1. The normalized spacial score (nSPS) is 55.8. The van der Waals surface area contributed by atoms with Gasteiger partial charge in [0.1, 0.15) is 0 Å². The Hall–Kier alpha value is -0.830. The van der Waals surface area contributed by atoms with Crippen molar-refractivity contribution in [3.63, 3.8) is 0 Å². The highest BCUT2D eigenvalue weighted by molar-refractivity contribution is 5.96. The first-order chi connectivity index (χ1) is 11.2. The first-order valence-electron chi connectivity index (χ1n) is 9.82. The van der Waals surface area contributed by atoms with Crippen LogP contribution in [0.4, 0.5) is 0 Å². The fraction of sp³-hybridized carbons (Fsp3) is 0.857. The molecule has 0 saturated heterocycles. The molecule has 134 valence electrons. The summed E-state index contributed by atoms with van der Waals surface area (Å²) in [6.07, 6.45) is 9.11. The zero-order valence-corrected chi connectivity index (χ0v) is 15.3. The Balaban J connectivity index is 1.67. The van der Waals surface area contributed by atoms with Gasteiger partial charge in [0.25, 0.3) is 0 Å². The number of aliphatic hydroxyl groups is 2. The number of ketones is 1. The number of rotatable bonds is 0. The van der Waals surface area contributed by atoms with Gasteiger partial charge in [0.05, 0.1) is 11.9 Å². The molecule has 0 spiro atoms. The zero-order chi connectivity index (χ0) is 17.3. The fourth-order valence-corrected chi connectivity index (χ4v) is 7.37. The summed E-state index contributed by atoms with van der Waals surface area (Å²) in [6.45, 7) is 6.74. The first kappa shape index (κ1) is 16.6. The van der Waals surface area contributed by atoms with E-state index in [0.29, 0.717) is 35.7 Å². The summed E-state index contributed by atoms with van der Waals surface area (Å²) in [5, 5.41) is 20.5. The molecule has 0 aromatic heterocycles. The van der Waals surface area contributed by atoms with Crippen molar-refractivity contribution in [1.29, 1.82) is 0 Å². The van der Waals surface area contributed by atoms with Crippen molar-refractivity contribution in [3.8, 4) is 0 Å². The highest BCUT2D eigenvalue weighted by Gasteiger charge is 2.63.